The Kier molecular flexibility index (Phi) is 4.94. The van der Waals surface area contributed by atoms with E-state index < -0.39 is 0 Å². The molecule has 0 radical (unpaired) electrons. The molecule has 3 rings (SSSR count). The molecule has 4 nitrogen and oxygen atoms in total. The van der Waals surface area contributed by atoms with Gasteiger partial charge in [0.1, 0.15) is 5.82 Å². The monoisotopic (exact) mass is 347 g/mol. The first-order chi connectivity index (χ1) is 12.5. The molecule has 0 saturated heterocycles. The van der Waals surface area contributed by atoms with Gasteiger partial charge in [0.05, 0.1) is 28.4 Å². The predicted molar refractivity (Wildman–Crippen MR) is 98.1 cm³/mol. The summed E-state index contributed by atoms with van der Waals surface area (Å²) in [6.45, 7) is 4.15. The van der Waals surface area contributed by atoms with Gasteiger partial charge < -0.3 is 5.32 Å². The van der Waals surface area contributed by atoms with Gasteiger partial charge in [-0.1, -0.05) is 25.1 Å². The summed E-state index contributed by atoms with van der Waals surface area (Å²) in [7, 11) is 0. The van der Waals surface area contributed by atoms with Gasteiger partial charge in [-0.15, -0.1) is 0 Å². The zero-order valence-electron chi connectivity index (χ0n) is 14.6. The van der Waals surface area contributed by atoms with Crippen LogP contribution in [-0.2, 0) is 13.0 Å². The first kappa shape index (κ1) is 17.6. The maximum atomic E-state index is 13.0. The molecule has 130 valence electrons. The van der Waals surface area contributed by atoms with Gasteiger partial charge in [0.15, 0.2) is 0 Å². The second-order valence-corrected chi connectivity index (χ2v) is 6.06. The molecule has 0 aliphatic heterocycles. The highest BCUT2D eigenvalue weighted by Gasteiger charge is 2.18. The van der Waals surface area contributed by atoms with Gasteiger partial charge in [-0.05, 0) is 48.7 Å². The van der Waals surface area contributed by atoms with E-state index in [4.69, 9.17) is 5.26 Å². The number of carbonyl (C=O) groups is 1. The van der Waals surface area contributed by atoms with E-state index in [1.807, 2.05) is 19.9 Å². The van der Waals surface area contributed by atoms with Crippen molar-refractivity contribution in [3.05, 3.63) is 76.2 Å². The molecule has 0 fully saturated rings. The summed E-state index contributed by atoms with van der Waals surface area (Å²) in [6.07, 6.45) is 0.604. The third-order valence-electron chi connectivity index (χ3n) is 4.38. The molecule has 1 amide bonds. The van der Waals surface area contributed by atoms with Crippen LogP contribution in [0.15, 0.2) is 42.5 Å². The number of aryl methyl sites for hydroxylation is 2. The lowest BCUT2D eigenvalue weighted by molar-refractivity contribution is 0.0949. The fraction of sp³-hybridized carbons (Fsp3) is 0.190. The van der Waals surface area contributed by atoms with Crippen molar-refractivity contribution in [2.75, 3.05) is 0 Å². The summed E-state index contributed by atoms with van der Waals surface area (Å²) in [5.74, 6) is -0.512. The number of rotatable bonds is 4. The number of nitrogens with one attached hydrogen (secondary N) is 1. The third kappa shape index (κ3) is 3.40. The smallest absolute Gasteiger partial charge is 0.253 e. The van der Waals surface area contributed by atoms with Crippen LogP contribution in [0, 0.1) is 24.1 Å². The molecule has 0 bridgehead atoms. The number of hydrogen-bond donors (Lipinski definition) is 1. The largest absolute Gasteiger partial charge is 0.348 e. The van der Waals surface area contributed by atoms with Crippen LogP contribution in [0.5, 0.6) is 0 Å². The maximum Gasteiger partial charge on any atom is 0.253 e. The minimum absolute atomic E-state index is 0.206. The number of fused-ring (bicyclic) bond motifs is 1. The summed E-state index contributed by atoms with van der Waals surface area (Å²) < 4.78 is 13.0. The van der Waals surface area contributed by atoms with Crippen molar-refractivity contribution in [2.24, 2.45) is 0 Å². The van der Waals surface area contributed by atoms with Crippen molar-refractivity contribution < 1.29 is 9.18 Å². The first-order valence-electron chi connectivity index (χ1n) is 8.39. The molecular formula is C21H18FN3O. The fourth-order valence-corrected chi connectivity index (χ4v) is 2.99. The zero-order chi connectivity index (χ0) is 18.7. The number of carbonyl (C=O) groups excluding carboxylic acids is 1. The van der Waals surface area contributed by atoms with Crippen LogP contribution in [0.25, 0.3) is 10.9 Å². The van der Waals surface area contributed by atoms with E-state index in [-0.39, 0.29) is 11.7 Å². The second-order valence-electron chi connectivity index (χ2n) is 6.06. The summed E-state index contributed by atoms with van der Waals surface area (Å²) in [4.78, 5) is 17.4. The van der Waals surface area contributed by atoms with E-state index in [2.05, 4.69) is 16.4 Å². The van der Waals surface area contributed by atoms with Gasteiger partial charge in [-0.2, -0.15) is 5.26 Å². The topological polar surface area (TPSA) is 65.8 Å². The van der Waals surface area contributed by atoms with Crippen molar-refractivity contribution in [1.29, 1.82) is 5.26 Å². The summed E-state index contributed by atoms with van der Waals surface area (Å²) in [5, 5.41) is 12.8. The Morgan fingerprint density at radius 3 is 2.62 bits per heavy atom. The highest BCUT2D eigenvalue weighted by atomic mass is 19.1. The number of nitrogens with zero attached hydrogens (tertiary/aromatic N) is 2. The molecule has 0 aliphatic rings. The molecule has 0 unspecified atom stereocenters. The molecule has 26 heavy (non-hydrogen) atoms. The number of pyridine rings is 1. The van der Waals surface area contributed by atoms with Gasteiger partial charge >= 0.3 is 0 Å². The van der Waals surface area contributed by atoms with Gasteiger partial charge in [0, 0.05) is 11.9 Å². The average molecular weight is 347 g/mol. The third-order valence-corrected chi connectivity index (χ3v) is 4.38. The van der Waals surface area contributed by atoms with Crippen LogP contribution in [0.2, 0.25) is 0 Å². The minimum Gasteiger partial charge on any atom is -0.348 e. The van der Waals surface area contributed by atoms with E-state index in [0.717, 1.165) is 16.5 Å². The molecule has 0 saturated carbocycles. The fourth-order valence-electron chi connectivity index (χ4n) is 2.99. The summed E-state index contributed by atoms with van der Waals surface area (Å²) >= 11 is 0. The van der Waals surface area contributed by atoms with E-state index in [9.17, 15) is 9.18 Å². The van der Waals surface area contributed by atoms with Crippen molar-refractivity contribution >= 4 is 16.8 Å². The van der Waals surface area contributed by atoms with Crippen molar-refractivity contribution in [3.63, 3.8) is 0 Å². The molecule has 1 N–H and O–H groups in total. The van der Waals surface area contributed by atoms with Gasteiger partial charge in [-0.25, -0.2) is 4.39 Å². The van der Waals surface area contributed by atoms with Crippen molar-refractivity contribution in [1.82, 2.24) is 10.3 Å². The lowest BCUT2D eigenvalue weighted by Crippen LogP contribution is -2.25. The Morgan fingerprint density at radius 2 is 1.96 bits per heavy atom. The van der Waals surface area contributed by atoms with E-state index in [1.165, 1.54) is 12.1 Å². The van der Waals surface area contributed by atoms with Gasteiger partial charge in [0.2, 0.25) is 0 Å². The molecule has 2 aromatic carbocycles. The van der Waals surface area contributed by atoms with Crippen LogP contribution in [0.3, 0.4) is 0 Å². The van der Waals surface area contributed by atoms with Crippen LogP contribution in [0.4, 0.5) is 4.39 Å². The Hall–Kier alpha value is -3.26. The lowest BCUT2D eigenvalue weighted by Gasteiger charge is -2.14. The van der Waals surface area contributed by atoms with Crippen molar-refractivity contribution in [2.45, 2.75) is 26.8 Å². The Labute approximate surface area is 151 Å². The number of aromatic nitrogens is 1. The average Bonchev–Trinajstić information content (AvgIpc) is 2.66. The number of halogens is 1. The van der Waals surface area contributed by atoms with Gasteiger partial charge in [0.25, 0.3) is 5.91 Å². The van der Waals surface area contributed by atoms with Crippen molar-refractivity contribution in [3.8, 4) is 6.07 Å². The minimum atomic E-state index is -0.306. The van der Waals surface area contributed by atoms with Crippen LogP contribution < -0.4 is 5.32 Å². The molecule has 5 heteroatoms. The Bertz CT molecular complexity index is 1020. The Morgan fingerprint density at radius 1 is 1.23 bits per heavy atom. The summed E-state index contributed by atoms with van der Waals surface area (Å²) in [5.41, 5.74) is 4.18. The number of nitriles is 1. The molecule has 1 aromatic heterocycles. The van der Waals surface area contributed by atoms with Gasteiger partial charge in [-0.3, -0.25) is 9.78 Å². The summed E-state index contributed by atoms with van der Waals surface area (Å²) in [6, 6.07) is 13.4. The SMILES string of the molecule is CCc1nc2cc(C#N)ccc2c(C)c1C(=O)NCc1ccc(F)cc1. The normalized spacial score (nSPS) is 10.5. The molecule has 3 aromatic rings. The molecule has 1 heterocycles. The van der Waals surface area contributed by atoms with Crippen LogP contribution in [0.1, 0.15) is 39.7 Å². The lowest BCUT2D eigenvalue weighted by atomic mass is 9.98. The molecule has 0 spiro atoms. The quantitative estimate of drug-likeness (QED) is 0.774. The predicted octanol–water partition coefficient (Wildman–Crippen LogP) is 4.05. The molecule has 0 aliphatic carbocycles. The number of hydrogen-bond acceptors (Lipinski definition) is 3. The standard InChI is InChI=1S/C21H18FN3O/c1-3-18-20(21(26)24-12-14-4-7-16(22)8-5-14)13(2)17-9-6-15(11-23)10-19(17)25-18/h4-10H,3,12H2,1-2H3,(H,24,26). The Balaban J connectivity index is 1.95. The zero-order valence-corrected chi connectivity index (χ0v) is 14.6. The highest BCUT2D eigenvalue weighted by molar-refractivity contribution is 6.01. The van der Waals surface area contributed by atoms with Crippen LogP contribution >= 0.6 is 0 Å². The van der Waals surface area contributed by atoms with E-state index in [0.29, 0.717) is 35.3 Å². The van der Waals surface area contributed by atoms with E-state index in [1.54, 1.807) is 24.3 Å². The number of amides is 1. The van der Waals surface area contributed by atoms with E-state index >= 15 is 0 Å². The van der Waals surface area contributed by atoms with Crippen LogP contribution in [-0.4, -0.2) is 10.9 Å². The number of benzene rings is 2. The highest BCUT2D eigenvalue weighted by Crippen LogP contribution is 2.24. The maximum absolute atomic E-state index is 13.0. The first-order valence-corrected chi connectivity index (χ1v) is 8.39. The second kappa shape index (κ2) is 7.32. The molecule has 0 atom stereocenters. The molecular weight excluding hydrogens is 329 g/mol.